The van der Waals surface area contributed by atoms with Crippen LogP contribution in [0.3, 0.4) is 0 Å². The number of hydrogen-bond acceptors (Lipinski definition) is 5. The van der Waals surface area contributed by atoms with Crippen molar-refractivity contribution in [3.05, 3.63) is 59.7 Å². The van der Waals surface area contributed by atoms with Gasteiger partial charge in [-0.1, -0.05) is 24.3 Å². The van der Waals surface area contributed by atoms with E-state index in [1.165, 1.54) is 13.2 Å². The molecule has 0 saturated heterocycles. The van der Waals surface area contributed by atoms with Gasteiger partial charge in [-0.05, 0) is 36.2 Å². The lowest BCUT2D eigenvalue weighted by atomic mass is 10.1. The van der Waals surface area contributed by atoms with E-state index in [0.29, 0.717) is 24.2 Å². The molecule has 7 nitrogen and oxygen atoms in total. The third-order valence-electron chi connectivity index (χ3n) is 3.80. The molecule has 0 saturated carbocycles. The second-order valence-corrected chi connectivity index (χ2v) is 5.71. The summed E-state index contributed by atoms with van der Waals surface area (Å²) in [6.45, 7) is 0.393. The Balaban J connectivity index is 1.80. The Morgan fingerprint density at radius 3 is 2.48 bits per heavy atom. The van der Waals surface area contributed by atoms with Gasteiger partial charge in [0.1, 0.15) is 12.2 Å². The first kappa shape index (κ1) is 20.0. The molecule has 0 fully saturated rings. The number of rotatable bonds is 8. The van der Waals surface area contributed by atoms with Crippen molar-refractivity contribution >= 4 is 23.5 Å². The van der Waals surface area contributed by atoms with Gasteiger partial charge in [-0.3, -0.25) is 9.59 Å². The average molecular weight is 370 g/mol. The Labute approximate surface area is 157 Å². The molecule has 2 N–H and O–H groups in total. The van der Waals surface area contributed by atoms with Gasteiger partial charge >= 0.3 is 5.97 Å². The van der Waals surface area contributed by atoms with E-state index >= 15 is 0 Å². The van der Waals surface area contributed by atoms with Crippen molar-refractivity contribution in [1.29, 1.82) is 0 Å². The van der Waals surface area contributed by atoms with Crippen molar-refractivity contribution < 1.29 is 23.9 Å². The molecule has 0 aliphatic carbocycles. The van der Waals surface area contributed by atoms with Gasteiger partial charge in [0.05, 0.1) is 19.8 Å². The summed E-state index contributed by atoms with van der Waals surface area (Å²) in [5, 5.41) is 5.30. The molecule has 2 rings (SSSR count). The molecule has 0 heterocycles. The molecule has 0 spiro atoms. The molecular formula is C20H22N2O5. The standard InChI is InChI=1S/C20H22N2O5/c1-26-17-9-4-3-6-14(17)10-11-21-18(23)13-19(24)22-16-8-5-7-15(12-16)20(25)27-2/h3-9,12H,10-11,13H2,1-2H3,(H,21,23)(H,22,24). The maximum absolute atomic E-state index is 12.0. The first-order chi connectivity index (χ1) is 13.0. The van der Waals surface area contributed by atoms with Crippen molar-refractivity contribution in [3.63, 3.8) is 0 Å². The Hall–Kier alpha value is -3.35. The van der Waals surface area contributed by atoms with Crippen molar-refractivity contribution in [2.75, 3.05) is 26.1 Å². The normalized spacial score (nSPS) is 10.0. The van der Waals surface area contributed by atoms with Crippen LogP contribution in [-0.2, 0) is 20.7 Å². The van der Waals surface area contributed by atoms with Crippen LogP contribution in [-0.4, -0.2) is 38.5 Å². The number of esters is 1. The summed E-state index contributed by atoms with van der Waals surface area (Å²) < 4.78 is 9.89. The summed E-state index contributed by atoms with van der Waals surface area (Å²) in [7, 11) is 2.87. The summed E-state index contributed by atoms with van der Waals surface area (Å²) in [6.07, 6.45) is 0.285. The summed E-state index contributed by atoms with van der Waals surface area (Å²) in [5.74, 6) is -0.589. The molecule has 0 atom stereocenters. The summed E-state index contributed by atoms with van der Waals surface area (Å²) in [5.41, 5.74) is 1.71. The molecule has 142 valence electrons. The molecule has 2 aromatic carbocycles. The zero-order chi connectivity index (χ0) is 19.6. The molecule has 0 aromatic heterocycles. The number of amides is 2. The minimum Gasteiger partial charge on any atom is -0.496 e. The number of methoxy groups -OCH3 is 2. The lowest BCUT2D eigenvalue weighted by Gasteiger charge is -2.09. The van der Waals surface area contributed by atoms with Gasteiger partial charge in [0.2, 0.25) is 11.8 Å². The Morgan fingerprint density at radius 1 is 0.963 bits per heavy atom. The number of benzene rings is 2. The quantitative estimate of drug-likeness (QED) is 0.549. The van der Waals surface area contributed by atoms with Gasteiger partial charge in [-0.15, -0.1) is 0 Å². The predicted octanol–water partition coefficient (Wildman–Crippen LogP) is 2.17. The number of carbonyl (C=O) groups excluding carboxylic acids is 3. The van der Waals surface area contributed by atoms with E-state index in [9.17, 15) is 14.4 Å². The molecule has 2 aromatic rings. The fourth-order valence-corrected chi connectivity index (χ4v) is 2.50. The van der Waals surface area contributed by atoms with Crippen molar-refractivity contribution in [3.8, 4) is 5.75 Å². The first-order valence-corrected chi connectivity index (χ1v) is 8.40. The largest absolute Gasteiger partial charge is 0.496 e. The zero-order valence-electron chi connectivity index (χ0n) is 15.3. The van der Waals surface area contributed by atoms with E-state index in [1.807, 2.05) is 24.3 Å². The monoisotopic (exact) mass is 370 g/mol. The van der Waals surface area contributed by atoms with E-state index in [2.05, 4.69) is 15.4 Å². The Bertz CT molecular complexity index is 820. The molecule has 7 heteroatoms. The molecule has 0 aliphatic rings. The van der Waals surface area contributed by atoms with Gasteiger partial charge in [0.15, 0.2) is 0 Å². The molecular weight excluding hydrogens is 348 g/mol. The number of para-hydroxylation sites is 1. The van der Waals surface area contributed by atoms with Crippen molar-refractivity contribution in [1.82, 2.24) is 5.32 Å². The lowest BCUT2D eigenvalue weighted by molar-refractivity contribution is -0.126. The highest BCUT2D eigenvalue weighted by molar-refractivity contribution is 6.04. The van der Waals surface area contributed by atoms with Crippen LogP contribution in [0.15, 0.2) is 48.5 Å². The maximum Gasteiger partial charge on any atom is 0.337 e. The SMILES string of the molecule is COC(=O)c1cccc(NC(=O)CC(=O)NCCc2ccccc2OC)c1. The van der Waals surface area contributed by atoms with Crippen LogP contribution in [0, 0.1) is 0 Å². The second-order valence-electron chi connectivity index (χ2n) is 5.71. The van der Waals surface area contributed by atoms with Crippen LogP contribution in [0.25, 0.3) is 0 Å². The number of ether oxygens (including phenoxy) is 2. The summed E-state index contributed by atoms with van der Waals surface area (Å²) in [6, 6.07) is 13.9. The predicted molar refractivity (Wildman–Crippen MR) is 101 cm³/mol. The maximum atomic E-state index is 12.0. The average Bonchev–Trinajstić information content (AvgIpc) is 2.67. The van der Waals surface area contributed by atoms with Gasteiger partial charge in [0.25, 0.3) is 0 Å². The number of anilines is 1. The highest BCUT2D eigenvalue weighted by Crippen LogP contribution is 2.17. The summed E-state index contributed by atoms with van der Waals surface area (Å²) >= 11 is 0. The number of carbonyl (C=O) groups is 3. The van der Waals surface area contributed by atoms with Crippen molar-refractivity contribution in [2.45, 2.75) is 12.8 Å². The van der Waals surface area contributed by atoms with Crippen LogP contribution < -0.4 is 15.4 Å². The minimum atomic E-state index is -0.500. The Kier molecular flexibility index (Phi) is 7.37. The van der Waals surface area contributed by atoms with Gasteiger partial charge in [-0.25, -0.2) is 4.79 Å². The smallest absolute Gasteiger partial charge is 0.337 e. The third-order valence-corrected chi connectivity index (χ3v) is 3.80. The van der Waals surface area contributed by atoms with E-state index in [1.54, 1.807) is 25.3 Å². The van der Waals surface area contributed by atoms with E-state index in [0.717, 1.165) is 11.3 Å². The van der Waals surface area contributed by atoms with Crippen molar-refractivity contribution in [2.24, 2.45) is 0 Å². The molecule has 0 unspecified atom stereocenters. The van der Waals surface area contributed by atoms with Gasteiger partial charge < -0.3 is 20.1 Å². The number of nitrogens with one attached hydrogen (secondary N) is 2. The fraction of sp³-hybridized carbons (Fsp3) is 0.250. The van der Waals surface area contributed by atoms with E-state index in [4.69, 9.17) is 4.74 Å². The molecule has 0 bridgehead atoms. The minimum absolute atomic E-state index is 0.311. The van der Waals surface area contributed by atoms with Crippen LogP contribution in [0.1, 0.15) is 22.3 Å². The summed E-state index contributed by atoms with van der Waals surface area (Å²) in [4.78, 5) is 35.4. The van der Waals surface area contributed by atoms with Gasteiger partial charge in [-0.2, -0.15) is 0 Å². The van der Waals surface area contributed by atoms with Crippen LogP contribution in [0.5, 0.6) is 5.75 Å². The molecule has 0 aliphatic heterocycles. The zero-order valence-corrected chi connectivity index (χ0v) is 15.3. The van der Waals surface area contributed by atoms with E-state index < -0.39 is 11.9 Å². The van der Waals surface area contributed by atoms with Crippen LogP contribution in [0.4, 0.5) is 5.69 Å². The first-order valence-electron chi connectivity index (χ1n) is 8.40. The molecule has 0 radical (unpaired) electrons. The highest BCUT2D eigenvalue weighted by Gasteiger charge is 2.11. The topological polar surface area (TPSA) is 93.7 Å². The number of hydrogen-bond donors (Lipinski definition) is 2. The molecule has 2 amide bonds. The van der Waals surface area contributed by atoms with Gasteiger partial charge in [0, 0.05) is 12.2 Å². The Morgan fingerprint density at radius 2 is 1.74 bits per heavy atom. The van der Waals surface area contributed by atoms with E-state index in [-0.39, 0.29) is 12.3 Å². The van der Waals surface area contributed by atoms with Crippen LogP contribution in [0.2, 0.25) is 0 Å². The lowest BCUT2D eigenvalue weighted by Crippen LogP contribution is -2.29. The third kappa shape index (κ3) is 6.14. The second kappa shape index (κ2) is 9.96. The highest BCUT2D eigenvalue weighted by atomic mass is 16.5. The van der Waals surface area contributed by atoms with Crippen LogP contribution >= 0.6 is 0 Å². The molecule has 27 heavy (non-hydrogen) atoms. The fourth-order valence-electron chi connectivity index (χ4n) is 2.50.